The highest BCUT2D eigenvalue weighted by molar-refractivity contribution is 5.99. The van der Waals surface area contributed by atoms with E-state index in [1.807, 2.05) is 57.2 Å². The number of anilines is 1. The predicted molar refractivity (Wildman–Crippen MR) is 143 cm³/mol. The Morgan fingerprint density at radius 3 is 2.39 bits per heavy atom. The molecule has 196 valence electrons. The second kappa shape index (κ2) is 11.6. The first-order chi connectivity index (χ1) is 18.2. The number of hydrogen-bond donors (Lipinski definition) is 3. The van der Waals surface area contributed by atoms with Crippen LogP contribution in [0.2, 0.25) is 0 Å². The van der Waals surface area contributed by atoms with E-state index in [9.17, 15) is 14.7 Å². The number of hydrogen-bond acceptors (Lipinski definition) is 7. The second-order valence-corrected chi connectivity index (χ2v) is 9.11. The van der Waals surface area contributed by atoms with Crippen molar-refractivity contribution in [3.8, 4) is 17.2 Å². The van der Waals surface area contributed by atoms with Crippen LogP contribution in [-0.4, -0.2) is 40.1 Å². The van der Waals surface area contributed by atoms with Crippen molar-refractivity contribution in [3.63, 3.8) is 0 Å². The average Bonchev–Trinajstić information content (AvgIpc) is 3.36. The molecule has 1 atom stereocenters. The quantitative estimate of drug-likeness (QED) is 0.278. The summed E-state index contributed by atoms with van der Waals surface area (Å²) in [6.07, 6.45) is 3.43. The van der Waals surface area contributed by atoms with Crippen molar-refractivity contribution in [2.75, 3.05) is 12.4 Å². The summed E-state index contributed by atoms with van der Waals surface area (Å²) in [7, 11) is 1.60. The minimum Gasteiger partial charge on any atom is -0.497 e. The zero-order valence-electron chi connectivity index (χ0n) is 21.7. The molecule has 0 aliphatic rings. The fraction of sp³-hybridized carbons (Fsp3) is 0.241. The van der Waals surface area contributed by atoms with E-state index in [1.54, 1.807) is 31.6 Å². The molecule has 0 fully saturated rings. The Labute approximate surface area is 220 Å². The number of oxazole rings is 1. The van der Waals surface area contributed by atoms with E-state index in [-0.39, 0.29) is 6.42 Å². The summed E-state index contributed by atoms with van der Waals surface area (Å²) in [5, 5.41) is 15.6. The average molecular weight is 515 g/mol. The van der Waals surface area contributed by atoms with Crippen LogP contribution >= 0.6 is 0 Å². The van der Waals surface area contributed by atoms with Crippen LogP contribution in [0.25, 0.3) is 11.5 Å². The molecule has 9 heteroatoms. The largest absolute Gasteiger partial charge is 0.497 e. The number of carbonyl (C=O) groups is 2. The summed E-state index contributed by atoms with van der Waals surface area (Å²) in [6.45, 7) is 6.05. The predicted octanol–water partition coefficient (Wildman–Crippen LogP) is 4.71. The van der Waals surface area contributed by atoms with Crippen LogP contribution < -0.4 is 15.4 Å². The molecule has 0 radical (unpaired) electrons. The molecule has 0 aliphatic carbocycles. The van der Waals surface area contributed by atoms with Crippen LogP contribution in [-0.2, 0) is 17.8 Å². The molecule has 0 saturated carbocycles. The van der Waals surface area contributed by atoms with Gasteiger partial charge in [0, 0.05) is 29.8 Å². The van der Waals surface area contributed by atoms with Crippen LogP contribution in [0.3, 0.4) is 0 Å². The summed E-state index contributed by atoms with van der Waals surface area (Å²) in [6, 6.07) is 13.6. The summed E-state index contributed by atoms with van der Waals surface area (Å²) >= 11 is 0. The zero-order chi connectivity index (χ0) is 27.2. The lowest BCUT2D eigenvalue weighted by Crippen LogP contribution is -2.42. The van der Waals surface area contributed by atoms with Gasteiger partial charge in [0.25, 0.3) is 5.91 Å². The second-order valence-electron chi connectivity index (χ2n) is 9.11. The van der Waals surface area contributed by atoms with Gasteiger partial charge in [-0.15, -0.1) is 0 Å². The molecule has 1 amide bonds. The Hall–Kier alpha value is -4.66. The van der Waals surface area contributed by atoms with Crippen molar-refractivity contribution in [1.29, 1.82) is 0 Å². The van der Waals surface area contributed by atoms with Gasteiger partial charge in [0.05, 0.1) is 19.9 Å². The van der Waals surface area contributed by atoms with Gasteiger partial charge in [0.15, 0.2) is 0 Å². The molecule has 9 nitrogen and oxygen atoms in total. The third-order valence-electron chi connectivity index (χ3n) is 6.11. The molecule has 0 spiro atoms. The normalized spacial score (nSPS) is 11.6. The highest BCUT2D eigenvalue weighted by atomic mass is 16.5. The molecular weight excluding hydrogens is 484 g/mol. The van der Waals surface area contributed by atoms with Gasteiger partial charge >= 0.3 is 5.97 Å². The van der Waals surface area contributed by atoms with Crippen molar-refractivity contribution < 1.29 is 23.8 Å². The maximum Gasteiger partial charge on any atom is 0.326 e. The van der Waals surface area contributed by atoms with Crippen molar-refractivity contribution in [2.45, 2.75) is 39.8 Å². The molecule has 38 heavy (non-hydrogen) atoms. The van der Waals surface area contributed by atoms with Crippen LogP contribution in [0.15, 0.2) is 65.3 Å². The zero-order valence-corrected chi connectivity index (χ0v) is 21.7. The van der Waals surface area contributed by atoms with Gasteiger partial charge in [0.1, 0.15) is 23.4 Å². The van der Waals surface area contributed by atoms with E-state index in [4.69, 9.17) is 9.15 Å². The highest BCUT2D eigenvalue weighted by Gasteiger charge is 2.23. The molecule has 3 N–H and O–H groups in total. The fourth-order valence-corrected chi connectivity index (χ4v) is 4.32. The third kappa shape index (κ3) is 6.36. The number of nitrogens with zero attached hydrogens (tertiary/aromatic N) is 2. The van der Waals surface area contributed by atoms with Crippen LogP contribution in [0, 0.1) is 20.8 Å². The maximum atomic E-state index is 12.9. The number of benzene rings is 2. The first kappa shape index (κ1) is 26.4. The molecule has 0 saturated heterocycles. The molecule has 4 aromatic rings. The Bertz CT molecular complexity index is 1420. The SMILES string of the molecule is COc1ccnc(NCc2cnc(-c3ccc(CC(NC(=O)c4c(C)cc(C)cc4C)C(=O)O)cc3)o2)c1. The van der Waals surface area contributed by atoms with Gasteiger partial charge in [-0.25, -0.2) is 14.8 Å². The topological polar surface area (TPSA) is 127 Å². The van der Waals surface area contributed by atoms with Crippen LogP contribution in [0.4, 0.5) is 5.82 Å². The van der Waals surface area contributed by atoms with Crippen molar-refractivity contribution in [3.05, 3.63) is 94.5 Å². The summed E-state index contributed by atoms with van der Waals surface area (Å²) in [5.41, 5.74) is 4.70. The fourth-order valence-electron chi connectivity index (χ4n) is 4.32. The lowest BCUT2D eigenvalue weighted by Gasteiger charge is -2.17. The number of aliphatic carboxylic acids is 1. The van der Waals surface area contributed by atoms with Crippen LogP contribution in [0.5, 0.6) is 5.75 Å². The van der Waals surface area contributed by atoms with Crippen molar-refractivity contribution in [2.24, 2.45) is 0 Å². The maximum absolute atomic E-state index is 12.9. The lowest BCUT2D eigenvalue weighted by molar-refractivity contribution is -0.139. The molecule has 2 heterocycles. The molecule has 0 aliphatic heterocycles. The van der Waals surface area contributed by atoms with Gasteiger partial charge in [-0.1, -0.05) is 29.8 Å². The lowest BCUT2D eigenvalue weighted by atomic mass is 9.98. The number of rotatable bonds is 10. The molecule has 2 aromatic carbocycles. The number of amides is 1. The molecular formula is C29H30N4O5. The number of nitrogens with one attached hydrogen (secondary N) is 2. The highest BCUT2D eigenvalue weighted by Crippen LogP contribution is 2.22. The van der Waals surface area contributed by atoms with Crippen molar-refractivity contribution in [1.82, 2.24) is 15.3 Å². The number of aryl methyl sites for hydroxylation is 3. The number of carboxylic acid groups (broad SMARTS) is 1. The Balaban J connectivity index is 1.39. The number of aromatic nitrogens is 2. The first-order valence-corrected chi connectivity index (χ1v) is 12.1. The summed E-state index contributed by atoms with van der Waals surface area (Å²) < 4.78 is 11.1. The van der Waals surface area contributed by atoms with E-state index < -0.39 is 17.9 Å². The van der Waals surface area contributed by atoms with E-state index in [0.717, 1.165) is 27.8 Å². The molecule has 2 aromatic heterocycles. The smallest absolute Gasteiger partial charge is 0.326 e. The standard InChI is InChI=1S/C29H30N4O5/c1-17-11-18(2)26(19(3)12-17)27(34)33-24(29(35)36)13-20-5-7-21(8-6-20)28-32-16-23(38-28)15-31-25-14-22(37-4)9-10-30-25/h5-12,14,16,24H,13,15H2,1-4H3,(H,30,31)(H,33,34)(H,35,36). The number of pyridine rings is 1. The Kier molecular flexibility index (Phi) is 8.06. The van der Waals surface area contributed by atoms with Gasteiger partial charge in [-0.05, 0) is 55.7 Å². The van der Waals surface area contributed by atoms with E-state index in [2.05, 4.69) is 20.6 Å². The van der Waals surface area contributed by atoms with Crippen LogP contribution in [0.1, 0.15) is 38.4 Å². The number of carbonyl (C=O) groups excluding carboxylic acids is 1. The van der Waals surface area contributed by atoms with Crippen molar-refractivity contribution >= 4 is 17.7 Å². The summed E-state index contributed by atoms with van der Waals surface area (Å²) in [5.74, 6) is 0.934. The molecule has 0 bridgehead atoms. The van der Waals surface area contributed by atoms with E-state index in [1.165, 1.54) is 0 Å². The van der Waals surface area contributed by atoms with Gasteiger partial charge in [0.2, 0.25) is 5.89 Å². The minimum absolute atomic E-state index is 0.138. The number of ether oxygens (including phenoxy) is 1. The molecule has 1 unspecified atom stereocenters. The van der Waals surface area contributed by atoms with Gasteiger partial charge in [-0.3, -0.25) is 4.79 Å². The number of methoxy groups -OCH3 is 1. The van der Waals surface area contributed by atoms with E-state index in [0.29, 0.717) is 35.3 Å². The minimum atomic E-state index is -1.10. The molecule has 4 rings (SSSR count). The third-order valence-corrected chi connectivity index (χ3v) is 6.11. The summed E-state index contributed by atoms with van der Waals surface area (Å²) in [4.78, 5) is 33.4. The monoisotopic (exact) mass is 514 g/mol. The first-order valence-electron chi connectivity index (χ1n) is 12.1. The Morgan fingerprint density at radius 2 is 1.74 bits per heavy atom. The van der Waals surface area contributed by atoms with E-state index >= 15 is 0 Å². The van der Waals surface area contributed by atoms with Gasteiger partial charge in [-0.2, -0.15) is 0 Å². The Morgan fingerprint density at radius 1 is 1.03 bits per heavy atom. The van der Waals surface area contributed by atoms with Gasteiger partial charge < -0.3 is 24.9 Å². The number of carboxylic acids is 1.